The standard InChI is InChI=1S/C17H15ClN2O2/c1-21-13-5-2-11(3-6-13)15-9-16-14-8-12(18)4-7-17(14)22-10-20(16)19-15/h2-8,16H,9-10H2,1H3/t16-/m0/s1. The molecule has 2 aromatic carbocycles. The minimum Gasteiger partial charge on any atom is -0.497 e. The molecule has 2 aromatic rings. The number of methoxy groups -OCH3 is 1. The molecular formula is C17H15ClN2O2. The smallest absolute Gasteiger partial charge is 0.177 e. The predicted octanol–water partition coefficient (Wildman–Crippen LogP) is 3.85. The summed E-state index contributed by atoms with van der Waals surface area (Å²) in [5.74, 6) is 1.75. The molecule has 2 aliphatic heterocycles. The minimum atomic E-state index is 0.194. The van der Waals surface area contributed by atoms with Crippen molar-refractivity contribution in [2.75, 3.05) is 13.8 Å². The summed E-state index contributed by atoms with van der Waals surface area (Å²) in [6, 6.07) is 13.9. The second kappa shape index (κ2) is 5.21. The van der Waals surface area contributed by atoms with Crippen molar-refractivity contribution >= 4 is 17.3 Å². The number of nitrogens with zero attached hydrogens (tertiary/aromatic N) is 2. The Kier molecular flexibility index (Phi) is 3.19. The minimum absolute atomic E-state index is 0.194. The summed E-state index contributed by atoms with van der Waals surface area (Å²) in [6.07, 6.45) is 0.850. The topological polar surface area (TPSA) is 34.1 Å². The van der Waals surface area contributed by atoms with Crippen LogP contribution in [0.3, 0.4) is 0 Å². The summed E-state index contributed by atoms with van der Waals surface area (Å²) in [6.45, 7) is 0.471. The van der Waals surface area contributed by atoms with Crippen molar-refractivity contribution < 1.29 is 9.47 Å². The Morgan fingerprint density at radius 2 is 2.05 bits per heavy atom. The maximum atomic E-state index is 6.13. The lowest BCUT2D eigenvalue weighted by Gasteiger charge is -2.30. The summed E-state index contributed by atoms with van der Waals surface area (Å²) in [7, 11) is 1.67. The van der Waals surface area contributed by atoms with Crippen LogP contribution in [0.25, 0.3) is 0 Å². The van der Waals surface area contributed by atoms with E-state index in [4.69, 9.17) is 26.2 Å². The number of hydrogen-bond donors (Lipinski definition) is 0. The van der Waals surface area contributed by atoms with Gasteiger partial charge in [-0.1, -0.05) is 11.6 Å². The first-order chi connectivity index (χ1) is 10.7. The number of ether oxygens (including phenoxy) is 2. The molecule has 0 fully saturated rings. The van der Waals surface area contributed by atoms with Gasteiger partial charge in [-0.3, -0.25) is 5.01 Å². The van der Waals surface area contributed by atoms with Gasteiger partial charge >= 0.3 is 0 Å². The van der Waals surface area contributed by atoms with Gasteiger partial charge in [-0.05, 0) is 48.0 Å². The van der Waals surface area contributed by atoms with E-state index in [9.17, 15) is 0 Å². The van der Waals surface area contributed by atoms with E-state index < -0.39 is 0 Å². The van der Waals surface area contributed by atoms with Crippen molar-refractivity contribution in [3.8, 4) is 11.5 Å². The highest BCUT2D eigenvalue weighted by Crippen LogP contribution is 2.41. The SMILES string of the molecule is COc1ccc(C2=NN3COc4ccc(Cl)cc4[C@@H]3C2)cc1. The Hall–Kier alpha value is -2.20. The molecule has 0 aromatic heterocycles. The second-order valence-corrected chi connectivity index (χ2v) is 5.83. The quantitative estimate of drug-likeness (QED) is 0.844. The van der Waals surface area contributed by atoms with Crippen LogP contribution >= 0.6 is 11.6 Å². The molecule has 4 rings (SSSR count). The van der Waals surface area contributed by atoms with Crippen LogP contribution in [0.4, 0.5) is 0 Å². The zero-order valence-electron chi connectivity index (χ0n) is 12.1. The number of hydrazone groups is 1. The molecule has 0 bridgehead atoms. The Labute approximate surface area is 133 Å². The molecule has 0 N–H and O–H groups in total. The Morgan fingerprint density at radius 3 is 2.82 bits per heavy atom. The van der Waals surface area contributed by atoms with Gasteiger partial charge in [-0.2, -0.15) is 5.10 Å². The van der Waals surface area contributed by atoms with Gasteiger partial charge in [-0.25, -0.2) is 0 Å². The van der Waals surface area contributed by atoms with Gasteiger partial charge in [0.2, 0.25) is 0 Å². The van der Waals surface area contributed by atoms with E-state index in [1.165, 1.54) is 0 Å². The van der Waals surface area contributed by atoms with Crippen LogP contribution < -0.4 is 9.47 Å². The molecule has 112 valence electrons. The Morgan fingerprint density at radius 1 is 1.23 bits per heavy atom. The summed E-state index contributed by atoms with van der Waals surface area (Å²) in [5, 5.41) is 7.41. The molecule has 5 heteroatoms. The van der Waals surface area contributed by atoms with Crippen LogP contribution in [0, 0.1) is 0 Å². The number of benzene rings is 2. The van der Waals surface area contributed by atoms with Gasteiger partial charge in [-0.15, -0.1) is 0 Å². The highest BCUT2D eigenvalue weighted by Gasteiger charge is 2.34. The van der Waals surface area contributed by atoms with Crippen molar-refractivity contribution in [3.63, 3.8) is 0 Å². The van der Waals surface area contributed by atoms with Crippen LogP contribution in [0.15, 0.2) is 47.6 Å². The number of fused-ring (bicyclic) bond motifs is 3. The molecule has 4 nitrogen and oxygen atoms in total. The van der Waals surface area contributed by atoms with Crippen molar-refractivity contribution in [2.45, 2.75) is 12.5 Å². The molecule has 2 heterocycles. The third-order valence-corrected chi connectivity index (χ3v) is 4.34. The average molecular weight is 315 g/mol. The molecule has 22 heavy (non-hydrogen) atoms. The molecule has 0 saturated carbocycles. The lowest BCUT2D eigenvalue weighted by molar-refractivity contribution is 0.0750. The van der Waals surface area contributed by atoms with E-state index in [0.717, 1.165) is 39.8 Å². The molecule has 1 atom stereocenters. The van der Waals surface area contributed by atoms with E-state index in [-0.39, 0.29) is 6.04 Å². The van der Waals surface area contributed by atoms with Crippen LogP contribution in [0.1, 0.15) is 23.6 Å². The van der Waals surface area contributed by atoms with Crippen molar-refractivity contribution in [2.24, 2.45) is 5.10 Å². The first-order valence-electron chi connectivity index (χ1n) is 7.15. The highest BCUT2D eigenvalue weighted by molar-refractivity contribution is 6.30. The maximum Gasteiger partial charge on any atom is 0.177 e. The van der Waals surface area contributed by atoms with Gasteiger partial charge in [0, 0.05) is 17.0 Å². The lowest BCUT2D eigenvalue weighted by Crippen LogP contribution is -2.29. The van der Waals surface area contributed by atoms with E-state index in [0.29, 0.717) is 6.73 Å². The number of rotatable bonds is 2. The molecule has 0 radical (unpaired) electrons. The molecule has 0 spiro atoms. The fourth-order valence-corrected chi connectivity index (χ4v) is 3.13. The molecule has 0 amide bonds. The van der Waals surface area contributed by atoms with Gasteiger partial charge < -0.3 is 9.47 Å². The molecule has 2 aliphatic rings. The first-order valence-corrected chi connectivity index (χ1v) is 7.53. The molecule has 0 aliphatic carbocycles. The maximum absolute atomic E-state index is 6.13. The van der Waals surface area contributed by atoms with Gasteiger partial charge in [0.1, 0.15) is 11.5 Å². The van der Waals surface area contributed by atoms with Crippen molar-refractivity contribution in [3.05, 3.63) is 58.6 Å². The molecular weight excluding hydrogens is 300 g/mol. The fraction of sp³-hybridized carbons (Fsp3) is 0.235. The third-order valence-electron chi connectivity index (χ3n) is 4.10. The first kappa shape index (κ1) is 13.5. The molecule has 0 saturated heterocycles. The predicted molar refractivity (Wildman–Crippen MR) is 85.7 cm³/mol. The van der Waals surface area contributed by atoms with Crippen LogP contribution in [-0.2, 0) is 0 Å². The average Bonchev–Trinajstić information content (AvgIpc) is 2.99. The fourth-order valence-electron chi connectivity index (χ4n) is 2.95. The van der Waals surface area contributed by atoms with Crippen molar-refractivity contribution in [1.29, 1.82) is 0 Å². The number of hydrogen-bond acceptors (Lipinski definition) is 4. The number of halogens is 1. The summed E-state index contributed by atoms with van der Waals surface area (Å²) in [4.78, 5) is 0. The van der Waals surface area contributed by atoms with Crippen LogP contribution in [0.5, 0.6) is 11.5 Å². The highest BCUT2D eigenvalue weighted by atomic mass is 35.5. The third kappa shape index (κ3) is 2.20. The largest absolute Gasteiger partial charge is 0.497 e. The normalized spacial score (nSPS) is 19.1. The van der Waals surface area contributed by atoms with Gasteiger partial charge in [0.05, 0.1) is 18.9 Å². The summed E-state index contributed by atoms with van der Waals surface area (Å²) >= 11 is 6.13. The van der Waals surface area contributed by atoms with Gasteiger partial charge in [0.15, 0.2) is 6.73 Å². The lowest BCUT2D eigenvalue weighted by atomic mass is 9.97. The van der Waals surface area contributed by atoms with E-state index in [1.54, 1.807) is 7.11 Å². The van der Waals surface area contributed by atoms with Crippen LogP contribution in [-0.4, -0.2) is 24.6 Å². The van der Waals surface area contributed by atoms with E-state index in [2.05, 4.69) is 0 Å². The Bertz CT molecular complexity index is 743. The van der Waals surface area contributed by atoms with E-state index in [1.807, 2.05) is 47.5 Å². The molecule has 0 unspecified atom stereocenters. The zero-order chi connectivity index (χ0) is 15.1. The second-order valence-electron chi connectivity index (χ2n) is 5.39. The van der Waals surface area contributed by atoms with Crippen molar-refractivity contribution in [1.82, 2.24) is 5.01 Å². The van der Waals surface area contributed by atoms with Crippen LogP contribution in [0.2, 0.25) is 5.02 Å². The van der Waals surface area contributed by atoms with Gasteiger partial charge in [0.25, 0.3) is 0 Å². The summed E-state index contributed by atoms with van der Waals surface area (Å²) < 4.78 is 11.0. The summed E-state index contributed by atoms with van der Waals surface area (Å²) in [5.41, 5.74) is 3.27. The Balaban J connectivity index is 1.64. The zero-order valence-corrected chi connectivity index (χ0v) is 12.9. The van der Waals surface area contributed by atoms with E-state index >= 15 is 0 Å². The monoisotopic (exact) mass is 314 g/mol.